The van der Waals surface area contributed by atoms with E-state index < -0.39 is 0 Å². The minimum absolute atomic E-state index is 0.285. The van der Waals surface area contributed by atoms with Gasteiger partial charge in [0.1, 0.15) is 0 Å². The van der Waals surface area contributed by atoms with Crippen molar-refractivity contribution in [1.82, 2.24) is 4.90 Å². The lowest BCUT2D eigenvalue weighted by Crippen LogP contribution is -2.38. The number of anilines is 1. The third kappa shape index (κ3) is 4.76. The molecule has 0 bridgehead atoms. The molecule has 0 saturated carbocycles. The summed E-state index contributed by atoms with van der Waals surface area (Å²) >= 11 is 0. The van der Waals surface area contributed by atoms with Crippen molar-refractivity contribution in [2.24, 2.45) is 5.92 Å². The summed E-state index contributed by atoms with van der Waals surface area (Å²) in [5, 5.41) is 3.34. The van der Waals surface area contributed by atoms with E-state index >= 15 is 0 Å². The predicted octanol–water partition coefficient (Wildman–Crippen LogP) is 3.87. The number of carbonyl (C=O) groups excluding carboxylic acids is 1. The van der Waals surface area contributed by atoms with Crippen molar-refractivity contribution in [3.05, 3.63) is 29.8 Å². The van der Waals surface area contributed by atoms with E-state index in [9.17, 15) is 4.79 Å². The summed E-state index contributed by atoms with van der Waals surface area (Å²) in [5.41, 5.74) is 2.44. The molecule has 0 radical (unpaired) electrons. The van der Waals surface area contributed by atoms with Crippen molar-refractivity contribution in [1.29, 1.82) is 0 Å². The van der Waals surface area contributed by atoms with Crippen LogP contribution in [0.5, 0.6) is 0 Å². The van der Waals surface area contributed by atoms with Crippen molar-refractivity contribution in [3.8, 4) is 0 Å². The van der Waals surface area contributed by atoms with Gasteiger partial charge in [-0.05, 0) is 42.4 Å². The van der Waals surface area contributed by atoms with E-state index in [2.05, 4.69) is 50.4 Å². The Balaban J connectivity index is 1.72. The van der Waals surface area contributed by atoms with E-state index in [1.807, 2.05) is 4.90 Å². The lowest BCUT2D eigenvalue weighted by Gasteiger charge is -2.30. The normalized spacial score (nSPS) is 16.3. The van der Waals surface area contributed by atoms with Gasteiger partial charge in [0, 0.05) is 31.7 Å². The van der Waals surface area contributed by atoms with Gasteiger partial charge in [-0.25, -0.2) is 0 Å². The van der Waals surface area contributed by atoms with Crippen LogP contribution < -0.4 is 5.32 Å². The first kappa shape index (κ1) is 15.9. The number of hydrogen-bond donors (Lipinski definition) is 1. The van der Waals surface area contributed by atoms with Crippen molar-refractivity contribution < 1.29 is 4.79 Å². The molecule has 3 heteroatoms. The fourth-order valence-corrected chi connectivity index (χ4v) is 2.72. The molecule has 1 aromatic carbocycles. The Morgan fingerprint density at radius 1 is 1.24 bits per heavy atom. The zero-order chi connectivity index (χ0) is 15.2. The second-order valence-corrected chi connectivity index (χ2v) is 6.52. The minimum Gasteiger partial charge on any atom is -0.385 e. The van der Waals surface area contributed by atoms with Crippen LogP contribution >= 0.6 is 0 Å². The van der Waals surface area contributed by atoms with Crippen LogP contribution in [0.2, 0.25) is 0 Å². The minimum atomic E-state index is 0.285. The smallest absolute Gasteiger partial charge is 0.224 e. The quantitative estimate of drug-likeness (QED) is 0.892. The fourth-order valence-electron chi connectivity index (χ4n) is 2.72. The molecule has 2 rings (SSSR count). The highest BCUT2D eigenvalue weighted by atomic mass is 16.2. The van der Waals surface area contributed by atoms with Crippen molar-refractivity contribution in [2.75, 3.05) is 25.0 Å². The number of carbonyl (C=O) groups is 1. The fraction of sp³-hybridized carbons (Fsp3) is 0.611. The predicted molar refractivity (Wildman–Crippen MR) is 88.6 cm³/mol. The standard InChI is InChI=1S/C18H28N2O/c1-14(2)16-4-6-17(7-5-16)19-11-8-18(21)20-12-9-15(3)10-13-20/h4-7,14-15,19H,8-13H2,1-3H3. The number of hydrogen-bond acceptors (Lipinski definition) is 2. The van der Waals surface area contributed by atoms with Crippen LogP contribution in [0.3, 0.4) is 0 Å². The van der Waals surface area contributed by atoms with Gasteiger partial charge in [0.2, 0.25) is 5.91 Å². The number of benzene rings is 1. The molecular weight excluding hydrogens is 260 g/mol. The monoisotopic (exact) mass is 288 g/mol. The van der Waals surface area contributed by atoms with E-state index in [0.29, 0.717) is 18.9 Å². The third-order valence-electron chi connectivity index (χ3n) is 4.38. The Labute approximate surface area is 128 Å². The first-order valence-corrected chi connectivity index (χ1v) is 8.18. The molecule has 1 aliphatic rings. The maximum atomic E-state index is 12.1. The van der Waals surface area contributed by atoms with Crippen LogP contribution in [0.4, 0.5) is 5.69 Å². The van der Waals surface area contributed by atoms with Gasteiger partial charge in [-0.3, -0.25) is 4.79 Å². The number of likely N-dealkylation sites (tertiary alicyclic amines) is 1. The van der Waals surface area contributed by atoms with E-state index in [1.54, 1.807) is 0 Å². The second kappa shape index (κ2) is 7.48. The van der Waals surface area contributed by atoms with Crippen molar-refractivity contribution >= 4 is 11.6 Å². The molecule has 21 heavy (non-hydrogen) atoms. The summed E-state index contributed by atoms with van der Waals surface area (Å²) in [7, 11) is 0. The lowest BCUT2D eigenvalue weighted by molar-refractivity contribution is -0.132. The highest BCUT2D eigenvalue weighted by Gasteiger charge is 2.19. The van der Waals surface area contributed by atoms with Crippen molar-refractivity contribution in [2.45, 2.75) is 46.0 Å². The van der Waals surface area contributed by atoms with E-state index in [4.69, 9.17) is 0 Å². The molecule has 0 unspecified atom stereocenters. The van der Waals surface area contributed by atoms with Gasteiger partial charge < -0.3 is 10.2 Å². The van der Waals surface area contributed by atoms with Gasteiger partial charge in [0.05, 0.1) is 0 Å². The lowest BCUT2D eigenvalue weighted by atomic mass is 9.99. The Bertz CT molecular complexity index is 445. The summed E-state index contributed by atoms with van der Waals surface area (Å²) in [6.45, 7) is 9.24. The molecule has 0 spiro atoms. The number of nitrogens with zero attached hydrogens (tertiary/aromatic N) is 1. The van der Waals surface area contributed by atoms with E-state index in [0.717, 1.165) is 37.5 Å². The molecule has 1 aliphatic heterocycles. The topological polar surface area (TPSA) is 32.3 Å². The van der Waals surface area contributed by atoms with Crippen molar-refractivity contribution in [3.63, 3.8) is 0 Å². The largest absolute Gasteiger partial charge is 0.385 e. The van der Waals surface area contributed by atoms with Crippen LogP contribution in [0.25, 0.3) is 0 Å². The Hall–Kier alpha value is -1.51. The first-order chi connectivity index (χ1) is 10.1. The number of amides is 1. The third-order valence-corrected chi connectivity index (χ3v) is 4.38. The molecule has 0 aromatic heterocycles. The molecule has 1 fully saturated rings. The Kier molecular flexibility index (Phi) is 5.66. The number of rotatable bonds is 5. The Morgan fingerprint density at radius 3 is 2.43 bits per heavy atom. The highest BCUT2D eigenvalue weighted by Crippen LogP contribution is 2.18. The van der Waals surface area contributed by atoms with Crippen LogP contribution in [-0.4, -0.2) is 30.4 Å². The van der Waals surface area contributed by atoms with Gasteiger partial charge in [-0.15, -0.1) is 0 Å². The maximum Gasteiger partial charge on any atom is 0.224 e. The molecule has 0 atom stereocenters. The van der Waals surface area contributed by atoms with Crippen LogP contribution in [0.1, 0.15) is 51.5 Å². The van der Waals surface area contributed by atoms with Crippen LogP contribution in [0.15, 0.2) is 24.3 Å². The number of piperidine rings is 1. The highest BCUT2D eigenvalue weighted by molar-refractivity contribution is 5.76. The van der Waals surface area contributed by atoms with Gasteiger partial charge in [0.25, 0.3) is 0 Å². The molecule has 3 nitrogen and oxygen atoms in total. The van der Waals surface area contributed by atoms with Gasteiger partial charge in [-0.2, -0.15) is 0 Å². The average Bonchev–Trinajstić information content (AvgIpc) is 2.48. The number of nitrogens with one attached hydrogen (secondary N) is 1. The first-order valence-electron chi connectivity index (χ1n) is 8.18. The summed E-state index contributed by atoms with van der Waals surface area (Å²) in [6, 6.07) is 8.51. The summed E-state index contributed by atoms with van der Waals surface area (Å²) in [6.07, 6.45) is 2.88. The van der Waals surface area contributed by atoms with Gasteiger partial charge in [-0.1, -0.05) is 32.9 Å². The molecule has 1 heterocycles. The summed E-state index contributed by atoms with van der Waals surface area (Å²) < 4.78 is 0. The summed E-state index contributed by atoms with van der Waals surface area (Å²) in [4.78, 5) is 14.1. The zero-order valence-electron chi connectivity index (χ0n) is 13.6. The van der Waals surface area contributed by atoms with E-state index in [-0.39, 0.29) is 5.91 Å². The SMILES string of the molecule is CC1CCN(C(=O)CCNc2ccc(C(C)C)cc2)CC1. The molecule has 1 N–H and O–H groups in total. The van der Waals surface area contributed by atoms with Gasteiger partial charge in [0.15, 0.2) is 0 Å². The maximum absolute atomic E-state index is 12.1. The molecule has 1 aromatic rings. The molecule has 1 amide bonds. The average molecular weight is 288 g/mol. The van der Waals surface area contributed by atoms with Crippen LogP contribution in [-0.2, 0) is 4.79 Å². The summed E-state index contributed by atoms with van der Waals surface area (Å²) in [5.74, 6) is 1.61. The second-order valence-electron chi connectivity index (χ2n) is 6.52. The molecule has 116 valence electrons. The van der Waals surface area contributed by atoms with Crippen LogP contribution in [0, 0.1) is 5.92 Å². The van der Waals surface area contributed by atoms with E-state index in [1.165, 1.54) is 5.56 Å². The zero-order valence-corrected chi connectivity index (χ0v) is 13.6. The molecular formula is C18H28N2O. The molecule has 1 saturated heterocycles. The Morgan fingerprint density at radius 2 is 1.86 bits per heavy atom. The van der Waals surface area contributed by atoms with Gasteiger partial charge >= 0.3 is 0 Å². The molecule has 0 aliphatic carbocycles.